The fourth-order valence-electron chi connectivity index (χ4n) is 2.50. The highest BCUT2D eigenvalue weighted by atomic mass is 16.7. The summed E-state index contributed by atoms with van der Waals surface area (Å²) in [4.78, 5) is 17.3. The Kier molecular flexibility index (Phi) is 5.89. The number of β-amino-alcohol motifs (C(OH)–C–C–N with tert-alkyl or cyclic N) is 1. The van der Waals surface area contributed by atoms with E-state index in [4.69, 9.17) is 10.6 Å². The molecule has 23 heavy (non-hydrogen) atoms. The van der Waals surface area contributed by atoms with Crippen molar-refractivity contribution in [3.05, 3.63) is 46.0 Å². The summed E-state index contributed by atoms with van der Waals surface area (Å²) in [5, 5.41) is 25.1. The maximum atomic E-state index is 11.2. The van der Waals surface area contributed by atoms with E-state index in [-0.39, 0.29) is 12.4 Å². The molecule has 1 heterocycles. The van der Waals surface area contributed by atoms with Crippen molar-refractivity contribution in [3.8, 4) is 0 Å². The molecule has 0 aliphatic carbocycles. The zero-order valence-electron chi connectivity index (χ0n) is 12.9. The first-order chi connectivity index (χ1) is 11.0. The summed E-state index contributed by atoms with van der Waals surface area (Å²) in [5.74, 6) is 0.106. The SMILES string of the molecule is NC(=NOCC(O)(CN1CCCCC1)[N+](=O)[O-])c1ccccc1. The van der Waals surface area contributed by atoms with Gasteiger partial charge in [0, 0.05) is 5.56 Å². The maximum absolute atomic E-state index is 11.2. The van der Waals surface area contributed by atoms with Gasteiger partial charge in [0.1, 0.15) is 6.54 Å². The van der Waals surface area contributed by atoms with Crippen molar-refractivity contribution < 1.29 is 14.9 Å². The fourth-order valence-corrected chi connectivity index (χ4v) is 2.50. The van der Waals surface area contributed by atoms with Gasteiger partial charge in [0.15, 0.2) is 5.84 Å². The molecule has 1 aliphatic heterocycles. The van der Waals surface area contributed by atoms with Gasteiger partial charge in [-0.1, -0.05) is 41.9 Å². The Bertz CT molecular complexity index is 546. The van der Waals surface area contributed by atoms with E-state index in [0.29, 0.717) is 5.56 Å². The summed E-state index contributed by atoms with van der Waals surface area (Å²) in [6.07, 6.45) is 3.07. The molecule has 1 aliphatic rings. The van der Waals surface area contributed by atoms with E-state index in [1.54, 1.807) is 24.3 Å². The molecule has 0 saturated carbocycles. The number of oxime groups is 1. The van der Waals surface area contributed by atoms with Gasteiger partial charge in [-0.3, -0.25) is 15.0 Å². The van der Waals surface area contributed by atoms with Crippen LogP contribution >= 0.6 is 0 Å². The van der Waals surface area contributed by atoms with Gasteiger partial charge in [-0.25, -0.2) is 0 Å². The molecule has 0 amide bonds. The topological polar surface area (TPSA) is 114 Å². The highest BCUT2D eigenvalue weighted by molar-refractivity contribution is 5.96. The predicted octanol–water partition coefficient (Wildman–Crippen LogP) is 0.775. The lowest BCUT2D eigenvalue weighted by Gasteiger charge is -2.30. The number of piperidine rings is 1. The number of hydrogen-bond donors (Lipinski definition) is 2. The van der Waals surface area contributed by atoms with Crippen molar-refractivity contribution in [2.45, 2.75) is 25.0 Å². The van der Waals surface area contributed by atoms with Crippen LogP contribution in [-0.2, 0) is 4.84 Å². The number of nitrogens with zero attached hydrogens (tertiary/aromatic N) is 3. The molecule has 3 N–H and O–H groups in total. The lowest BCUT2D eigenvalue weighted by molar-refractivity contribution is -0.629. The smallest absolute Gasteiger partial charge is 0.371 e. The molecule has 2 rings (SSSR count). The molecular formula is C15H22N4O4. The van der Waals surface area contributed by atoms with Gasteiger partial charge in [0.2, 0.25) is 6.61 Å². The van der Waals surface area contributed by atoms with Crippen molar-refractivity contribution in [2.75, 3.05) is 26.2 Å². The minimum absolute atomic E-state index is 0.0826. The third-order valence-corrected chi connectivity index (χ3v) is 3.79. The van der Waals surface area contributed by atoms with Crippen LogP contribution < -0.4 is 5.73 Å². The number of nitro groups is 1. The predicted molar refractivity (Wildman–Crippen MR) is 85.4 cm³/mol. The fraction of sp³-hybridized carbons (Fsp3) is 0.533. The third kappa shape index (κ3) is 4.90. The van der Waals surface area contributed by atoms with Crippen LogP contribution in [0.15, 0.2) is 35.5 Å². The first-order valence-electron chi connectivity index (χ1n) is 7.61. The minimum atomic E-state index is -2.20. The maximum Gasteiger partial charge on any atom is 0.371 e. The summed E-state index contributed by atoms with van der Waals surface area (Å²) in [7, 11) is 0. The Morgan fingerprint density at radius 2 is 2.00 bits per heavy atom. The molecular weight excluding hydrogens is 300 g/mol. The zero-order chi connectivity index (χ0) is 16.7. The molecule has 0 spiro atoms. The van der Waals surface area contributed by atoms with E-state index >= 15 is 0 Å². The van der Waals surface area contributed by atoms with Gasteiger partial charge in [-0.2, -0.15) is 0 Å². The highest BCUT2D eigenvalue weighted by Crippen LogP contribution is 2.15. The Morgan fingerprint density at radius 3 is 2.61 bits per heavy atom. The van der Waals surface area contributed by atoms with E-state index in [1.165, 1.54) is 0 Å². The molecule has 126 valence electrons. The van der Waals surface area contributed by atoms with Gasteiger partial charge >= 0.3 is 5.72 Å². The highest BCUT2D eigenvalue weighted by Gasteiger charge is 2.44. The second kappa shape index (κ2) is 7.89. The van der Waals surface area contributed by atoms with Gasteiger partial charge in [0.05, 0.1) is 4.92 Å². The number of nitrogens with two attached hydrogens (primary N) is 1. The molecule has 1 unspecified atom stereocenters. The Labute approximate surface area is 134 Å². The average Bonchev–Trinajstić information content (AvgIpc) is 2.56. The van der Waals surface area contributed by atoms with Gasteiger partial charge < -0.3 is 15.7 Å². The molecule has 1 aromatic rings. The molecule has 0 aromatic heterocycles. The molecule has 0 bridgehead atoms. The number of hydrogen-bond acceptors (Lipinski definition) is 6. The Hall–Kier alpha value is -2.19. The van der Waals surface area contributed by atoms with Gasteiger partial charge in [-0.05, 0) is 25.9 Å². The second-order valence-electron chi connectivity index (χ2n) is 5.69. The summed E-state index contributed by atoms with van der Waals surface area (Å²) in [6, 6.07) is 8.91. The summed E-state index contributed by atoms with van der Waals surface area (Å²) in [5.41, 5.74) is 4.20. The molecule has 1 aromatic carbocycles. The zero-order valence-corrected chi connectivity index (χ0v) is 12.9. The lowest BCUT2D eigenvalue weighted by Crippen LogP contribution is -2.53. The number of aliphatic hydroxyl groups is 1. The van der Waals surface area contributed by atoms with Crippen LogP contribution in [0.5, 0.6) is 0 Å². The average molecular weight is 322 g/mol. The first kappa shape index (κ1) is 17.2. The summed E-state index contributed by atoms with van der Waals surface area (Å²) in [6.45, 7) is 0.849. The van der Waals surface area contributed by atoms with Crippen molar-refractivity contribution in [1.82, 2.24) is 4.90 Å². The molecule has 8 heteroatoms. The quantitative estimate of drug-likeness (QED) is 0.252. The number of benzene rings is 1. The number of likely N-dealkylation sites (tertiary alicyclic amines) is 1. The van der Waals surface area contributed by atoms with E-state index < -0.39 is 17.3 Å². The third-order valence-electron chi connectivity index (χ3n) is 3.79. The minimum Gasteiger partial charge on any atom is -0.383 e. The number of rotatable bonds is 7. The first-order valence-corrected chi connectivity index (χ1v) is 7.61. The van der Waals surface area contributed by atoms with Gasteiger partial charge in [-0.15, -0.1) is 0 Å². The Balaban J connectivity index is 1.94. The molecule has 0 radical (unpaired) electrons. The summed E-state index contributed by atoms with van der Waals surface area (Å²) < 4.78 is 0. The second-order valence-corrected chi connectivity index (χ2v) is 5.69. The molecule has 1 saturated heterocycles. The van der Waals surface area contributed by atoms with E-state index in [0.717, 1.165) is 32.4 Å². The molecule has 1 fully saturated rings. The number of amidine groups is 1. The molecule has 8 nitrogen and oxygen atoms in total. The van der Waals surface area contributed by atoms with Crippen LogP contribution in [0.1, 0.15) is 24.8 Å². The summed E-state index contributed by atoms with van der Waals surface area (Å²) >= 11 is 0. The van der Waals surface area contributed by atoms with Crippen LogP contribution in [0.25, 0.3) is 0 Å². The normalized spacial score (nSPS) is 19.1. The Morgan fingerprint density at radius 1 is 1.35 bits per heavy atom. The van der Waals surface area contributed by atoms with Crippen LogP contribution in [-0.4, -0.2) is 52.7 Å². The van der Waals surface area contributed by atoms with Crippen LogP contribution in [0.2, 0.25) is 0 Å². The largest absolute Gasteiger partial charge is 0.383 e. The monoisotopic (exact) mass is 322 g/mol. The van der Waals surface area contributed by atoms with Crippen molar-refractivity contribution in [1.29, 1.82) is 0 Å². The van der Waals surface area contributed by atoms with Crippen LogP contribution in [0.3, 0.4) is 0 Å². The lowest BCUT2D eigenvalue weighted by atomic mass is 10.1. The van der Waals surface area contributed by atoms with Crippen LogP contribution in [0, 0.1) is 10.1 Å². The van der Waals surface area contributed by atoms with Crippen molar-refractivity contribution in [3.63, 3.8) is 0 Å². The van der Waals surface area contributed by atoms with Crippen molar-refractivity contribution in [2.24, 2.45) is 10.9 Å². The van der Waals surface area contributed by atoms with Gasteiger partial charge in [0.25, 0.3) is 0 Å². The van der Waals surface area contributed by atoms with E-state index in [1.807, 2.05) is 11.0 Å². The van der Waals surface area contributed by atoms with Crippen LogP contribution in [0.4, 0.5) is 0 Å². The standard InChI is InChI=1S/C15H22N4O4/c16-14(13-7-3-1-4-8-13)17-23-12-15(20,19(21)22)11-18-9-5-2-6-10-18/h1,3-4,7-8,20H,2,5-6,9-12H2,(H2,16,17). The van der Waals surface area contributed by atoms with E-state index in [9.17, 15) is 15.2 Å². The molecule has 1 atom stereocenters. The van der Waals surface area contributed by atoms with E-state index in [2.05, 4.69) is 5.16 Å². The van der Waals surface area contributed by atoms with Crippen molar-refractivity contribution >= 4 is 5.84 Å².